The number of halogens is 1. The average Bonchev–Trinajstić information content (AvgIpc) is 2.40. The molecule has 0 saturated heterocycles. The number of nitrogens with zero attached hydrogens (tertiary/aromatic N) is 3. The molecule has 0 radical (unpaired) electrons. The van der Waals surface area contributed by atoms with Gasteiger partial charge in [-0.3, -0.25) is 4.98 Å². The summed E-state index contributed by atoms with van der Waals surface area (Å²) >= 11 is 5.92. The van der Waals surface area contributed by atoms with Gasteiger partial charge in [-0.2, -0.15) is 0 Å². The van der Waals surface area contributed by atoms with Gasteiger partial charge in [0.05, 0.1) is 17.1 Å². The van der Waals surface area contributed by atoms with Crippen LogP contribution >= 0.6 is 11.6 Å². The van der Waals surface area contributed by atoms with E-state index in [-0.39, 0.29) is 0 Å². The van der Waals surface area contributed by atoms with Crippen molar-refractivity contribution in [3.63, 3.8) is 0 Å². The van der Waals surface area contributed by atoms with Crippen LogP contribution in [0.2, 0.25) is 5.02 Å². The van der Waals surface area contributed by atoms with Crippen LogP contribution in [0.15, 0.2) is 49.1 Å². The number of benzene rings is 1. The molecular weight excluding hydrogens is 250 g/mol. The molecule has 0 aliphatic heterocycles. The maximum Gasteiger partial charge on any atom is 0.230 e. The number of hydrogen-bond acceptors (Lipinski definition) is 4. The predicted octanol–water partition coefficient (Wildman–Crippen LogP) is 3.47. The molecule has 0 saturated carbocycles. The quantitative estimate of drug-likeness (QED) is 0.705. The van der Waals surface area contributed by atoms with Crippen molar-refractivity contribution in [2.24, 2.45) is 0 Å². The van der Waals surface area contributed by atoms with Crippen LogP contribution in [0.3, 0.4) is 0 Å². The lowest BCUT2D eigenvalue weighted by molar-refractivity contribution is 0.466. The van der Waals surface area contributed by atoms with Gasteiger partial charge in [0.15, 0.2) is 0 Å². The normalized spacial score (nSPS) is 10.5. The lowest BCUT2D eigenvalue weighted by Crippen LogP contribution is -1.91. The Bertz CT molecular complexity index is 688. The van der Waals surface area contributed by atoms with E-state index in [1.165, 1.54) is 6.33 Å². The Hall–Kier alpha value is -2.20. The van der Waals surface area contributed by atoms with E-state index in [1.807, 2.05) is 12.1 Å². The molecule has 0 unspecified atom stereocenters. The minimum Gasteiger partial charge on any atom is -0.437 e. The fourth-order valence-corrected chi connectivity index (χ4v) is 1.77. The van der Waals surface area contributed by atoms with E-state index in [9.17, 15) is 0 Å². The van der Waals surface area contributed by atoms with Gasteiger partial charge in [0.2, 0.25) is 5.88 Å². The Labute approximate surface area is 108 Å². The van der Waals surface area contributed by atoms with Crippen LogP contribution < -0.4 is 4.74 Å². The van der Waals surface area contributed by atoms with E-state index in [0.717, 1.165) is 10.9 Å². The zero-order chi connectivity index (χ0) is 12.4. The van der Waals surface area contributed by atoms with Gasteiger partial charge >= 0.3 is 0 Å². The summed E-state index contributed by atoms with van der Waals surface area (Å²) in [7, 11) is 0. The number of aromatic nitrogens is 3. The third kappa shape index (κ3) is 2.10. The third-order valence-electron chi connectivity index (χ3n) is 2.41. The highest BCUT2D eigenvalue weighted by atomic mass is 35.5. The Morgan fingerprint density at radius 2 is 2.06 bits per heavy atom. The van der Waals surface area contributed by atoms with Gasteiger partial charge in [0, 0.05) is 11.2 Å². The molecule has 0 aliphatic carbocycles. The van der Waals surface area contributed by atoms with Gasteiger partial charge in [0.25, 0.3) is 0 Å². The molecule has 2 aromatic heterocycles. The van der Waals surface area contributed by atoms with Gasteiger partial charge < -0.3 is 4.74 Å². The topological polar surface area (TPSA) is 47.9 Å². The Morgan fingerprint density at radius 1 is 1.11 bits per heavy atom. The predicted molar refractivity (Wildman–Crippen MR) is 68.9 cm³/mol. The largest absolute Gasteiger partial charge is 0.437 e. The molecule has 0 spiro atoms. The Kier molecular flexibility index (Phi) is 2.78. The first-order valence-electron chi connectivity index (χ1n) is 5.31. The lowest BCUT2D eigenvalue weighted by atomic mass is 10.2. The van der Waals surface area contributed by atoms with Crippen molar-refractivity contribution in [3.8, 4) is 11.6 Å². The summed E-state index contributed by atoms with van der Waals surface area (Å²) in [6.45, 7) is 0. The van der Waals surface area contributed by atoms with Crippen LogP contribution in [-0.2, 0) is 0 Å². The standard InChI is InChI=1S/C13H8ClN3O/c14-9-3-4-11-12(6-9)16-8-17-13(11)18-10-2-1-5-15-7-10/h1-8H. The van der Waals surface area contributed by atoms with Crippen molar-refractivity contribution >= 4 is 22.5 Å². The highest BCUT2D eigenvalue weighted by Crippen LogP contribution is 2.27. The molecule has 3 aromatic rings. The molecule has 2 heterocycles. The molecule has 18 heavy (non-hydrogen) atoms. The van der Waals surface area contributed by atoms with Gasteiger partial charge in [-0.05, 0) is 30.3 Å². The average molecular weight is 258 g/mol. The van der Waals surface area contributed by atoms with Crippen molar-refractivity contribution in [1.29, 1.82) is 0 Å². The lowest BCUT2D eigenvalue weighted by Gasteiger charge is -2.06. The molecule has 5 heteroatoms. The number of pyridine rings is 1. The maximum absolute atomic E-state index is 5.92. The zero-order valence-corrected chi connectivity index (χ0v) is 10.0. The zero-order valence-electron chi connectivity index (χ0n) is 9.25. The van der Waals surface area contributed by atoms with Gasteiger partial charge in [-0.1, -0.05) is 11.6 Å². The summed E-state index contributed by atoms with van der Waals surface area (Å²) in [5.41, 5.74) is 0.747. The molecule has 0 aliphatic rings. The molecular formula is C13H8ClN3O. The van der Waals surface area contributed by atoms with Gasteiger partial charge in [-0.25, -0.2) is 9.97 Å². The molecule has 0 N–H and O–H groups in total. The van der Waals surface area contributed by atoms with Crippen LogP contribution in [-0.4, -0.2) is 15.0 Å². The third-order valence-corrected chi connectivity index (χ3v) is 2.65. The van der Waals surface area contributed by atoms with E-state index in [2.05, 4.69) is 15.0 Å². The fraction of sp³-hybridized carbons (Fsp3) is 0. The molecule has 4 nitrogen and oxygen atoms in total. The number of hydrogen-bond donors (Lipinski definition) is 0. The van der Waals surface area contributed by atoms with Crippen molar-refractivity contribution in [1.82, 2.24) is 15.0 Å². The highest BCUT2D eigenvalue weighted by molar-refractivity contribution is 6.31. The van der Waals surface area contributed by atoms with Crippen molar-refractivity contribution < 1.29 is 4.74 Å². The summed E-state index contributed by atoms with van der Waals surface area (Å²) < 4.78 is 5.67. The second-order valence-corrected chi connectivity index (χ2v) is 4.07. The van der Waals surface area contributed by atoms with Crippen LogP contribution in [0.5, 0.6) is 11.6 Å². The van der Waals surface area contributed by atoms with Gasteiger partial charge in [-0.15, -0.1) is 0 Å². The van der Waals surface area contributed by atoms with Crippen molar-refractivity contribution in [3.05, 3.63) is 54.1 Å². The van der Waals surface area contributed by atoms with E-state index < -0.39 is 0 Å². The number of rotatable bonds is 2. The minimum absolute atomic E-state index is 0.490. The highest BCUT2D eigenvalue weighted by Gasteiger charge is 2.06. The van der Waals surface area contributed by atoms with Crippen LogP contribution in [0, 0.1) is 0 Å². The Morgan fingerprint density at radius 3 is 2.89 bits per heavy atom. The van der Waals surface area contributed by atoms with Crippen LogP contribution in [0.1, 0.15) is 0 Å². The summed E-state index contributed by atoms with van der Waals surface area (Å²) in [6.07, 6.45) is 4.76. The summed E-state index contributed by atoms with van der Waals surface area (Å²) in [5.74, 6) is 1.12. The van der Waals surface area contributed by atoms with Crippen molar-refractivity contribution in [2.75, 3.05) is 0 Å². The van der Waals surface area contributed by atoms with Crippen LogP contribution in [0.4, 0.5) is 0 Å². The number of fused-ring (bicyclic) bond motifs is 1. The van der Waals surface area contributed by atoms with E-state index >= 15 is 0 Å². The first-order chi connectivity index (χ1) is 8.83. The molecule has 1 aromatic carbocycles. The summed E-state index contributed by atoms with van der Waals surface area (Å²) in [5, 5.41) is 1.44. The van der Waals surface area contributed by atoms with Crippen LogP contribution in [0.25, 0.3) is 10.9 Å². The first kappa shape index (κ1) is 10.9. The van der Waals surface area contributed by atoms with E-state index in [4.69, 9.17) is 16.3 Å². The second-order valence-electron chi connectivity index (χ2n) is 3.63. The fourth-order valence-electron chi connectivity index (χ4n) is 1.61. The first-order valence-corrected chi connectivity index (χ1v) is 5.69. The molecule has 3 rings (SSSR count). The smallest absolute Gasteiger partial charge is 0.230 e. The molecule has 0 amide bonds. The SMILES string of the molecule is Clc1ccc2c(Oc3cccnc3)ncnc2c1. The van der Waals surface area contributed by atoms with E-state index in [0.29, 0.717) is 16.7 Å². The summed E-state index contributed by atoms with van der Waals surface area (Å²) in [4.78, 5) is 12.3. The second kappa shape index (κ2) is 4.58. The van der Waals surface area contributed by atoms with Crippen molar-refractivity contribution in [2.45, 2.75) is 0 Å². The minimum atomic E-state index is 0.490. The van der Waals surface area contributed by atoms with Gasteiger partial charge in [0.1, 0.15) is 12.1 Å². The molecule has 88 valence electrons. The van der Waals surface area contributed by atoms with E-state index in [1.54, 1.807) is 30.6 Å². The maximum atomic E-state index is 5.92. The monoisotopic (exact) mass is 257 g/mol. The molecule has 0 fully saturated rings. The summed E-state index contributed by atoms with van der Waals surface area (Å²) in [6, 6.07) is 9.01. The molecule has 0 bridgehead atoms. The number of ether oxygens (including phenoxy) is 1. The molecule has 0 atom stereocenters. The Balaban J connectivity index is 2.07.